The Kier molecular flexibility index (Phi) is 6.97. The predicted octanol–water partition coefficient (Wildman–Crippen LogP) is 1.91. The number of amides is 1. The average molecular weight is 363 g/mol. The van der Waals surface area contributed by atoms with Gasteiger partial charge in [0.15, 0.2) is 23.3 Å². The molecule has 132 valence electrons. The monoisotopic (exact) mass is 363 g/mol. The van der Waals surface area contributed by atoms with Crippen molar-refractivity contribution in [3.05, 3.63) is 59.9 Å². The van der Waals surface area contributed by atoms with Crippen molar-refractivity contribution in [3.8, 4) is 11.5 Å². The topological polar surface area (TPSA) is 71.6 Å². The van der Waals surface area contributed by atoms with Gasteiger partial charge in [-0.15, -0.1) is 0 Å². The number of hydrazine groups is 1. The van der Waals surface area contributed by atoms with E-state index in [-0.39, 0.29) is 17.5 Å². The highest BCUT2D eigenvalue weighted by atomic mass is 32.1. The van der Waals surface area contributed by atoms with Crippen LogP contribution in [0.3, 0.4) is 0 Å². The molecule has 0 aliphatic rings. The van der Waals surface area contributed by atoms with E-state index in [4.69, 9.17) is 21.7 Å². The van der Waals surface area contributed by atoms with Gasteiger partial charge in [-0.1, -0.05) is 24.3 Å². The van der Waals surface area contributed by atoms with Gasteiger partial charge < -0.3 is 14.8 Å². The number of para-hydroxylation sites is 1. The van der Waals surface area contributed by atoms with E-state index < -0.39 is 11.7 Å². The Hall–Kier alpha value is -2.87. The molecule has 0 fully saturated rings. The zero-order valence-electron chi connectivity index (χ0n) is 13.5. The fourth-order valence-electron chi connectivity index (χ4n) is 1.84. The molecule has 0 aromatic heterocycles. The highest BCUT2D eigenvalue weighted by Crippen LogP contribution is 2.14. The molecule has 0 saturated heterocycles. The van der Waals surface area contributed by atoms with Crippen LogP contribution in [-0.4, -0.2) is 24.7 Å². The third kappa shape index (κ3) is 6.27. The van der Waals surface area contributed by atoms with Crippen LogP contribution in [0.25, 0.3) is 0 Å². The van der Waals surface area contributed by atoms with E-state index in [0.717, 1.165) is 11.3 Å². The summed E-state index contributed by atoms with van der Waals surface area (Å²) in [4.78, 5) is 11.7. The molecule has 3 N–H and O–H groups in total. The number of nitrogens with one attached hydrogen (secondary N) is 3. The number of methoxy groups -OCH3 is 1. The van der Waals surface area contributed by atoms with Gasteiger partial charge in [-0.3, -0.25) is 15.6 Å². The minimum atomic E-state index is -0.528. The molecule has 0 saturated carbocycles. The van der Waals surface area contributed by atoms with Crippen LogP contribution in [0.5, 0.6) is 11.5 Å². The summed E-state index contributed by atoms with van der Waals surface area (Å²) in [5.41, 5.74) is 5.91. The summed E-state index contributed by atoms with van der Waals surface area (Å²) in [6.07, 6.45) is 0. The SMILES string of the molecule is COc1ccc(CNC(=S)NNC(=O)COc2ccccc2F)cc1. The quantitative estimate of drug-likeness (QED) is 0.538. The van der Waals surface area contributed by atoms with Crippen LogP contribution < -0.4 is 25.6 Å². The Morgan fingerprint density at radius 2 is 1.84 bits per heavy atom. The van der Waals surface area contributed by atoms with Crippen molar-refractivity contribution in [2.24, 2.45) is 0 Å². The number of hydrogen-bond donors (Lipinski definition) is 3. The molecule has 2 aromatic carbocycles. The number of rotatable bonds is 6. The zero-order valence-corrected chi connectivity index (χ0v) is 14.4. The smallest absolute Gasteiger partial charge is 0.276 e. The predicted molar refractivity (Wildman–Crippen MR) is 95.6 cm³/mol. The molecule has 0 heterocycles. The van der Waals surface area contributed by atoms with Crippen molar-refractivity contribution < 1.29 is 18.7 Å². The van der Waals surface area contributed by atoms with Crippen molar-refractivity contribution >= 4 is 23.2 Å². The van der Waals surface area contributed by atoms with Crippen LogP contribution in [0.15, 0.2) is 48.5 Å². The minimum absolute atomic E-state index is 0.0119. The fraction of sp³-hybridized carbons (Fsp3) is 0.176. The van der Waals surface area contributed by atoms with Gasteiger partial charge in [0.05, 0.1) is 7.11 Å². The second-order valence-electron chi connectivity index (χ2n) is 4.92. The van der Waals surface area contributed by atoms with Gasteiger partial charge >= 0.3 is 0 Å². The average Bonchev–Trinajstić information content (AvgIpc) is 2.64. The van der Waals surface area contributed by atoms with Crippen LogP contribution in [-0.2, 0) is 11.3 Å². The minimum Gasteiger partial charge on any atom is -0.497 e. The number of ether oxygens (including phenoxy) is 2. The summed E-state index contributed by atoms with van der Waals surface area (Å²) < 4.78 is 23.5. The molecule has 1 amide bonds. The van der Waals surface area contributed by atoms with Gasteiger partial charge in [0.25, 0.3) is 5.91 Å². The first kappa shape index (κ1) is 18.5. The van der Waals surface area contributed by atoms with E-state index in [1.54, 1.807) is 13.2 Å². The second-order valence-corrected chi connectivity index (χ2v) is 5.33. The van der Waals surface area contributed by atoms with Gasteiger partial charge in [0.1, 0.15) is 5.75 Å². The van der Waals surface area contributed by atoms with Crippen LogP contribution in [0.4, 0.5) is 4.39 Å². The van der Waals surface area contributed by atoms with Crippen molar-refractivity contribution in [3.63, 3.8) is 0 Å². The molecule has 8 heteroatoms. The zero-order chi connectivity index (χ0) is 18.1. The lowest BCUT2D eigenvalue weighted by atomic mass is 10.2. The Morgan fingerprint density at radius 3 is 2.52 bits per heavy atom. The lowest BCUT2D eigenvalue weighted by molar-refractivity contribution is -0.123. The molecule has 0 spiro atoms. The Morgan fingerprint density at radius 1 is 1.12 bits per heavy atom. The van der Waals surface area contributed by atoms with Gasteiger partial charge in [-0.05, 0) is 42.0 Å². The summed E-state index contributed by atoms with van der Waals surface area (Å²) in [6.45, 7) is 0.145. The largest absolute Gasteiger partial charge is 0.497 e. The Balaban J connectivity index is 1.66. The number of carbonyl (C=O) groups excluding carboxylic acids is 1. The summed E-state index contributed by atoms with van der Waals surface area (Å²) >= 11 is 5.06. The molecule has 2 rings (SSSR count). The molecular formula is C17H18FN3O3S. The maximum Gasteiger partial charge on any atom is 0.276 e. The van der Waals surface area contributed by atoms with E-state index in [2.05, 4.69) is 16.2 Å². The molecule has 0 bridgehead atoms. The summed E-state index contributed by atoms with van der Waals surface area (Å²) in [5, 5.41) is 3.18. The first-order valence-corrected chi connectivity index (χ1v) is 7.82. The van der Waals surface area contributed by atoms with Gasteiger partial charge in [-0.25, -0.2) is 4.39 Å². The number of hydrogen-bond acceptors (Lipinski definition) is 4. The fourth-order valence-corrected chi connectivity index (χ4v) is 1.96. The van der Waals surface area contributed by atoms with Crippen molar-refractivity contribution in [1.29, 1.82) is 0 Å². The van der Waals surface area contributed by atoms with Crippen LogP contribution in [0.1, 0.15) is 5.56 Å². The number of thiocarbonyl (C=S) groups is 1. The van der Waals surface area contributed by atoms with Crippen LogP contribution >= 0.6 is 12.2 Å². The Labute approximate surface area is 150 Å². The molecule has 6 nitrogen and oxygen atoms in total. The molecule has 0 aliphatic carbocycles. The highest BCUT2D eigenvalue weighted by molar-refractivity contribution is 7.80. The van der Waals surface area contributed by atoms with E-state index >= 15 is 0 Å². The number of halogens is 1. The number of benzene rings is 2. The van der Waals surface area contributed by atoms with Crippen LogP contribution in [0, 0.1) is 5.82 Å². The normalized spacial score (nSPS) is 9.84. The third-order valence-electron chi connectivity index (χ3n) is 3.12. The molecular weight excluding hydrogens is 345 g/mol. The summed E-state index contributed by atoms with van der Waals surface area (Å²) in [7, 11) is 1.60. The van der Waals surface area contributed by atoms with Gasteiger partial charge in [-0.2, -0.15) is 0 Å². The van der Waals surface area contributed by atoms with Crippen molar-refractivity contribution in [1.82, 2.24) is 16.2 Å². The van der Waals surface area contributed by atoms with E-state index in [1.165, 1.54) is 18.2 Å². The molecule has 0 radical (unpaired) electrons. The maximum absolute atomic E-state index is 13.4. The maximum atomic E-state index is 13.4. The van der Waals surface area contributed by atoms with E-state index in [9.17, 15) is 9.18 Å². The molecule has 25 heavy (non-hydrogen) atoms. The highest BCUT2D eigenvalue weighted by Gasteiger charge is 2.06. The summed E-state index contributed by atoms with van der Waals surface area (Å²) in [5.74, 6) is -0.235. The third-order valence-corrected chi connectivity index (χ3v) is 3.37. The van der Waals surface area contributed by atoms with Gasteiger partial charge in [0, 0.05) is 6.54 Å². The van der Waals surface area contributed by atoms with Crippen molar-refractivity contribution in [2.45, 2.75) is 6.54 Å². The lowest BCUT2D eigenvalue weighted by Gasteiger charge is -2.12. The number of carbonyl (C=O) groups is 1. The lowest BCUT2D eigenvalue weighted by Crippen LogP contribution is -2.48. The van der Waals surface area contributed by atoms with Crippen molar-refractivity contribution in [2.75, 3.05) is 13.7 Å². The molecule has 0 aliphatic heterocycles. The summed E-state index contributed by atoms with van der Waals surface area (Å²) in [6, 6.07) is 13.3. The molecule has 0 atom stereocenters. The second kappa shape index (κ2) is 9.43. The van der Waals surface area contributed by atoms with E-state index in [1.807, 2.05) is 24.3 Å². The van der Waals surface area contributed by atoms with E-state index in [0.29, 0.717) is 6.54 Å². The first-order valence-electron chi connectivity index (χ1n) is 7.41. The van der Waals surface area contributed by atoms with Gasteiger partial charge in [0.2, 0.25) is 0 Å². The van der Waals surface area contributed by atoms with Crippen LogP contribution in [0.2, 0.25) is 0 Å². The molecule has 0 unspecified atom stereocenters. The first-order chi connectivity index (χ1) is 12.1. The molecule has 2 aromatic rings. The Bertz CT molecular complexity index is 725. The standard InChI is InChI=1S/C17H18FN3O3S/c1-23-13-8-6-12(7-9-13)10-19-17(25)21-20-16(22)11-24-15-5-3-2-4-14(15)18/h2-9H,10-11H2,1H3,(H,20,22)(H2,19,21,25).